The van der Waals surface area contributed by atoms with Gasteiger partial charge in [0.2, 0.25) is 0 Å². The van der Waals surface area contributed by atoms with Gasteiger partial charge >= 0.3 is 6.18 Å². The summed E-state index contributed by atoms with van der Waals surface area (Å²) in [5.41, 5.74) is 2.34. The molecular formula is C10H11ClF4N2. The molecule has 1 unspecified atom stereocenters. The average molecular weight is 271 g/mol. The number of halogens is 5. The van der Waals surface area contributed by atoms with Crippen LogP contribution in [0.3, 0.4) is 0 Å². The summed E-state index contributed by atoms with van der Waals surface area (Å²) in [6.45, 7) is 0. The fourth-order valence-electron chi connectivity index (χ4n) is 1.43. The fraction of sp³-hybridized carbons (Fsp3) is 0.400. The molecule has 2 nitrogen and oxygen atoms in total. The van der Waals surface area contributed by atoms with Crippen LogP contribution in [0.4, 0.5) is 17.6 Å². The molecule has 0 heterocycles. The summed E-state index contributed by atoms with van der Waals surface area (Å²) in [5.74, 6) is 4.48. The van der Waals surface area contributed by atoms with Gasteiger partial charge in [-0.25, -0.2) is 4.39 Å². The lowest BCUT2D eigenvalue weighted by atomic mass is 10.0. The number of rotatable bonds is 4. The van der Waals surface area contributed by atoms with Crippen molar-refractivity contribution in [1.82, 2.24) is 5.43 Å². The van der Waals surface area contributed by atoms with E-state index in [-0.39, 0.29) is 11.4 Å². The first-order chi connectivity index (χ1) is 7.81. The molecule has 1 aromatic carbocycles. The molecule has 0 fully saturated rings. The van der Waals surface area contributed by atoms with Crippen molar-refractivity contribution in [1.29, 1.82) is 0 Å². The van der Waals surface area contributed by atoms with Crippen molar-refractivity contribution >= 4 is 11.6 Å². The second kappa shape index (κ2) is 5.66. The van der Waals surface area contributed by atoms with Gasteiger partial charge in [-0.15, -0.1) is 0 Å². The summed E-state index contributed by atoms with van der Waals surface area (Å²) in [7, 11) is 0. The maximum Gasteiger partial charge on any atom is 0.390 e. The van der Waals surface area contributed by atoms with E-state index in [1.807, 2.05) is 0 Å². The maximum atomic E-state index is 12.9. The fourth-order valence-corrected chi connectivity index (χ4v) is 1.63. The molecular weight excluding hydrogens is 260 g/mol. The molecule has 0 amide bonds. The van der Waals surface area contributed by atoms with Gasteiger partial charge in [-0.3, -0.25) is 11.3 Å². The van der Waals surface area contributed by atoms with E-state index in [2.05, 4.69) is 5.43 Å². The number of nitrogens with two attached hydrogens (primary N) is 1. The van der Waals surface area contributed by atoms with Crippen LogP contribution in [0, 0.1) is 5.82 Å². The van der Waals surface area contributed by atoms with Crippen LogP contribution in [0.5, 0.6) is 0 Å². The molecule has 0 aliphatic carbocycles. The summed E-state index contributed by atoms with van der Waals surface area (Å²) in [6.07, 6.45) is -5.53. The van der Waals surface area contributed by atoms with Crippen LogP contribution in [-0.4, -0.2) is 12.2 Å². The molecule has 0 spiro atoms. The van der Waals surface area contributed by atoms with Crippen LogP contribution in [0.2, 0.25) is 5.02 Å². The van der Waals surface area contributed by atoms with Crippen molar-refractivity contribution in [3.63, 3.8) is 0 Å². The van der Waals surface area contributed by atoms with Crippen LogP contribution in [0.15, 0.2) is 18.2 Å². The highest BCUT2D eigenvalue weighted by atomic mass is 35.5. The molecule has 1 atom stereocenters. The third-order valence-corrected chi connectivity index (χ3v) is 2.56. The molecule has 0 radical (unpaired) electrons. The first kappa shape index (κ1) is 14.2. The van der Waals surface area contributed by atoms with Gasteiger partial charge < -0.3 is 0 Å². The standard InChI is InChI=1S/C10H11ClF4N2/c11-9-2-1-7(12)3-6(9)4-8(17-16)5-10(13,14)15/h1-3,8,17H,4-5,16H2. The predicted molar refractivity (Wildman–Crippen MR) is 56.9 cm³/mol. The molecule has 0 bridgehead atoms. The predicted octanol–water partition coefficient (Wildman–Crippen LogP) is 2.81. The van der Waals surface area contributed by atoms with Gasteiger partial charge in [0, 0.05) is 11.1 Å². The maximum absolute atomic E-state index is 12.9. The zero-order valence-electron chi connectivity index (χ0n) is 8.69. The molecule has 0 aliphatic heterocycles. The number of hydrazine groups is 1. The third kappa shape index (κ3) is 4.89. The Morgan fingerprint density at radius 2 is 2.00 bits per heavy atom. The Morgan fingerprint density at radius 1 is 1.35 bits per heavy atom. The molecule has 1 rings (SSSR count). The van der Waals surface area contributed by atoms with Crippen LogP contribution in [0.1, 0.15) is 12.0 Å². The summed E-state index contributed by atoms with van der Waals surface area (Å²) >= 11 is 5.75. The number of hydrogen-bond donors (Lipinski definition) is 2. The lowest BCUT2D eigenvalue weighted by Crippen LogP contribution is -2.40. The highest BCUT2D eigenvalue weighted by Gasteiger charge is 2.31. The lowest BCUT2D eigenvalue weighted by Gasteiger charge is -2.18. The van der Waals surface area contributed by atoms with Gasteiger partial charge in [0.05, 0.1) is 6.42 Å². The summed E-state index contributed by atoms with van der Waals surface area (Å²) in [4.78, 5) is 0. The SMILES string of the molecule is NNC(Cc1cc(F)ccc1Cl)CC(F)(F)F. The number of hydrogen-bond acceptors (Lipinski definition) is 2. The minimum absolute atomic E-state index is 0.0907. The van der Waals surface area contributed by atoms with Crippen molar-refractivity contribution in [2.75, 3.05) is 0 Å². The van der Waals surface area contributed by atoms with Gasteiger partial charge in [-0.1, -0.05) is 11.6 Å². The third-order valence-electron chi connectivity index (χ3n) is 2.19. The first-order valence-electron chi connectivity index (χ1n) is 4.78. The van der Waals surface area contributed by atoms with E-state index in [9.17, 15) is 17.6 Å². The Balaban J connectivity index is 2.77. The van der Waals surface area contributed by atoms with E-state index >= 15 is 0 Å². The second-order valence-electron chi connectivity index (χ2n) is 3.62. The van der Waals surface area contributed by atoms with E-state index < -0.39 is 24.5 Å². The Kier molecular flexibility index (Phi) is 4.73. The summed E-state index contributed by atoms with van der Waals surface area (Å²) in [5, 5.41) is 0.217. The monoisotopic (exact) mass is 270 g/mol. The van der Waals surface area contributed by atoms with Gasteiger partial charge in [0.1, 0.15) is 5.82 Å². The van der Waals surface area contributed by atoms with Crippen molar-refractivity contribution in [3.8, 4) is 0 Å². The van der Waals surface area contributed by atoms with Crippen molar-refractivity contribution in [2.45, 2.75) is 25.1 Å². The summed E-state index contributed by atoms with van der Waals surface area (Å²) < 4.78 is 49.4. The van der Waals surface area contributed by atoms with Gasteiger partial charge in [0.25, 0.3) is 0 Å². The van der Waals surface area contributed by atoms with Crippen molar-refractivity contribution in [2.24, 2.45) is 5.84 Å². The minimum atomic E-state index is -4.34. The zero-order valence-corrected chi connectivity index (χ0v) is 9.45. The second-order valence-corrected chi connectivity index (χ2v) is 4.03. The Bertz CT molecular complexity index is 381. The molecule has 0 aliphatic rings. The molecule has 96 valence electrons. The van der Waals surface area contributed by atoms with Gasteiger partial charge in [-0.05, 0) is 30.2 Å². The molecule has 7 heteroatoms. The minimum Gasteiger partial charge on any atom is -0.271 e. The number of nitrogens with one attached hydrogen (secondary N) is 1. The van der Waals surface area contributed by atoms with Crippen molar-refractivity contribution in [3.05, 3.63) is 34.6 Å². The highest BCUT2D eigenvalue weighted by Crippen LogP contribution is 2.25. The highest BCUT2D eigenvalue weighted by molar-refractivity contribution is 6.31. The topological polar surface area (TPSA) is 38.0 Å². The normalized spacial score (nSPS) is 13.8. The van der Waals surface area contributed by atoms with Gasteiger partial charge in [-0.2, -0.15) is 13.2 Å². The quantitative estimate of drug-likeness (QED) is 0.502. The van der Waals surface area contributed by atoms with Crippen LogP contribution < -0.4 is 11.3 Å². The van der Waals surface area contributed by atoms with E-state index in [4.69, 9.17) is 17.4 Å². The smallest absolute Gasteiger partial charge is 0.271 e. The van der Waals surface area contributed by atoms with E-state index in [1.54, 1.807) is 0 Å². The lowest BCUT2D eigenvalue weighted by molar-refractivity contribution is -0.140. The van der Waals surface area contributed by atoms with Crippen molar-refractivity contribution < 1.29 is 17.6 Å². The Morgan fingerprint density at radius 3 is 2.53 bits per heavy atom. The number of benzene rings is 1. The van der Waals surface area contributed by atoms with E-state index in [0.717, 1.165) is 12.1 Å². The molecule has 0 saturated carbocycles. The first-order valence-corrected chi connectivity index (χ1v) is 5.16. The molecule has 0 saturated heterocycles. The number of alkyl halides is 3. The molecule has 3 N–H and O–H groups in total. The Hall–Kier alpha value is -0.850. The molecule has 1 aromatic rings. The average Bonchev–Trinajstić information content (AvgIpc) is 2.20. The van der Waals surface area contributed by atoms with Crippen LogP contribution >= 0.6 is 11.6 Å². The van der Waals surface area contributed by atoms with Gasteiger partial charge in [0.15, 0.2) is 0 Å². The zero-order chi connectivity index (χ0) is 13.1. The molecule has 17 heavy (non-hydrogen) atoms. The van der Waals surface area contributed by atoms with E-state index in [0.29, 0.717) is 5.56 Å². The summed E-state index contributed by atoms with van der Waals surface area (Å²) in [6, 6.07) is 2.51. The van der Waals surface area contributed by atoms with Crippen LogP contribution in [-0.2, 0) is 6.42 Å². The Labute approximate surface area is 101 Å². The largest absolute Gasteiger partial charge is 0.390 e. The molecule has 0 aromatic heterocycles. The van der Waals surface area contributed by atoms with Crippen LogP contribution in [0.25, 0.3) is 0 Å². The van der Waals surface area contributed by atoms with E-state index in [1.165, 1.54) is 6.07 Å².